The lowest BCUT2D eigenvalue weighted by Gasteiger charge is -2.20. The molecule has 4 heteroatoms. The first-order valence-electron chi connectivity index (χ1n) is 5.91. The van der Waals surface area contributed by atoms with Gasteiger partial charge in [-0.05, 0) is 58.3 Å². The molecule has 0 radical (unpaired) electrons. The summed E-state index contributed by atoms with van der Waals surface area (Å²) in [5, 5.41) is 2.13. The van der Waals surface area contributed by atoms with E-state index >= 15 is 0 Å². The molecule has 0 amide bonds. The molecule has 0 aromatic carbocycles. The minimum absolute atomic E-state index is 0.242. The summed E-state index contributed by atoms with van der Waals surface area (Å²) in [5.74, 6) is 0. The predicted octanol–water partition coefficient (Wildman–Crippen LogP) is 3.70. The fourth-order valence-electron chi connectivity index (χ4n) is 2.53. The summed E-state index contributed by atoms with van der Waals surface area (Å²) in [6.07, 6.45) is 5.69. The van der Waals surface area contributed by atoms with Crippen LogP contribution < -0.4 is 5.73 Å². The molecule has 1 atom stereocenters. The number of halogens is 1. The van der Waals surface area contributed by atoms with Gasteiger partial charge in [0.15, 0.2) is 0 Å². The Balaban J connectivity index is 1.92. The molecule has 90 valence electrons. The van der Waals surface area contributed by atoms with E-state index in [1.54, 1.807) is 11.3 Å². The smallest absolute Gasteiger partial charge is 0.0577 e. The van der Waals surface area contributed by atoms with Gasteiger partial charge < -0.3 is 10.3 Å². The second-order valence-electron chi connectivity index (χ2n) is 4.54. The number of nitrogens with two attached hydrogens (primary N) is 1. The molecular weight excluding hydrogens is 296 g/mol. The van der Waals surface area contributed by atoms with Crippen molar-refractivity contribution in [3.05, 3.63) is 44.3 Å². The Hall–Kier alpha value is -0.580. The van der Waals surface area contributed by atoms with E-state index in [0.29, 0.717) is 0 Å². The molecule has 0 saturated carbocycles. The first-order valence-corrected chi connectivity index (χ1v) is 7.58. The highest BCUT2D eigenvalue weighted by molar-refractivity contribution is 9.10. The Labute approximate surface area is 114 Å². The Morgan fingerprint density at radius 3 is 3.12 bits per heavy atom. The van der Waals surface area contributed by atoms with Crippen LogP contribution in [0.1, 0.15) is 35.0 Å². The summed E-state index contributed by atoms with van der Waals surface area (Å²) in [5.41, 5.74) is 8.93. The van der Waals surface area contributed by atoms with Crippen molar-refractivity contribution in [3.8, 4) is 0 Å². The molecule has 1 unspecified atom stereocenters. The molecule has 0 aliphatic heterocycles. The summed E-state index contributed by atoms with van der Waals surface area (Å²) in [6.45, 7) is 0.959. The maximum atomic E-state index is 6.14. The Kier molecular flexibility index (Phi) is 3.11. The molecule has 17 heavy (non-hydrogen) atoms. The van der Waals surface area contributed by atoms with E-state index in [4.69, 9.17) is 5.73 Å². The monoisotopic (exact) mass is 310 g/mol. The normalized spacial score (nSPS) is 19.3. The number of hydrogen-bond donors (Lipinski definition) is 1. The number of rotatable bonds is 2. The Morgan fingerprint density at radius 1 is 1.47 bits per heavy atom. The van der Waals surface area contributed by atoms with Gasteiger partial charge in [-0.3, -0.25) is 0 Å². The molecule has 0 spiro atoms. The van der Waals surface area contributed by atoms with Crippen molar-refractivity contribution in [3.63, 3.8) is 0 Å². The van der Waals surface area contributed by atoms with Gasteiger partial charge in [-0.2, -0.15) is 0 Å². The Bertz CT molecular complexity index is 529. The first kappa shape index (κ1) is 11.5. The SMILES string of the molecule is NC1CCCc2c1ccn2Cc1sccc1Br. The van der Waals surface area contributed by atoms with Crippen molar-refractivity contribution in [1.82, 2.24) is 4.57 Å². The van der Waals surface area contributed by atoms with Crippen LogP contribution in [0.25, 0.3) is 0 Å². The molecule has 2 heterocycles. The van der Waals surface area contributed by atoms with Crippen molar-refractivity contribution < 1.29 is 0 Å². The van der Waals surface area contributed by atoms with Crippen LogP contribution in [0, 0.1) is 0 Å². The first-order chi connectivity index (χ1) is 8.25. The maximum Gasteiger partial charge on any atom is 0.0577 e. The maximum absolute atomic E-state index is 6.14. The van der Waals surface area contributed by atoms with Crippen molar-refractivity contribution in [1.29, 1.82) is 0 Å². The highest BCUT2D eigenvalue weighted by atomic mass is 79.9. The minimum Gasteiger partial charge on any atom is -0.346 e. The highest BCUT2D eigenvalue weighted by Gasteiger charge is 2.20. The lowest BCUT2D eigenvalue weighted by Crippen LogP contribution is -2.18. The third-order valence-electron chi connectivity index (χ3n) is 3.45. The zero-order valence-electron chi connectivity index (χ0n) is 9.53. The van der Waals surface area contributed by atoms with Gasteiger partial charge in [-0.1, -0.05) is 0 Å². The fraction of sp³-hybridized carbons (Fsp3) is 0.385. The van der Waals surface area contributed by atoms with Crippen LogP contribution in [0.15, 0.2) is 28.2 Å². The van der Waals surface area contributed by atoms with E-state index in [1.165, 1.54) is 33.4 Å². The van der Waals surface area contributed by atoms with Gasteiger partial charge in [-0.15, -0.1) is 11.3 Å². The van der Waals surface area contributed by atoms with Gasteiger partial charge in [-0.25, -0.2) is 0 Å². The lowest BCUT2D eigenvalue weighted by molar-refractivity contribution is 0.548. The van der Waals surface area contributed by atoms with E-state index in [-0.39, 0.29) is 6.04 Å². The lowest BCUT2D eigenvalue weighted by atomic mass is 9.94. The molecule has 2 aromatic rings. The van der Waals surface area contributed by atoms with Crippen LogP contribution in [-0.2, 0) is 13.0 Å². The number of hydrogen-bond acceptors (Lipinski definition) is 2. The number of aromatic nitrogens is 1. The van der Waals surface area contributed by atoms with Gasteiger partial charge in [0.05, 0.1) is 6.54 Å². The second kappa shape index (κ2) is 4.59. The topological polar surface area (TPSA) is 30.9 Å². The molecule has 2 N–H and O–H groups in total. The zero-order chi connectivity index (χ0) is 11.8. The minimum atomic E-state index is 0.242. The molecule has 2 aromatic heterocycles. The summed E-state index contributed by atoms with van der Waals surface area (Å²) in [4.78, 5) is 1.38. The second-order valence-corrected chi connectivity index (χ2v) is 6.39. The number of thiophene rings is 1. The molecule has 2 nitrogen and oxygen atoms in total. The van der Waals surface area contributed by atoms with Crippen molar-refractivity contribution >= 4 is 27.3 Å². The van der Waals surface area contributed by atoms with Crippen LogP contribution in [0.3, 0.4) is 0 Å². The average molecular weight is 311 g/mol. The van der Waals surface area contributed by atoms with E-state index in [2.05, 4.69) is 44.2 Å². The number of fused-ring (bicyclic) bond motifs is 1. The quantitative estimate of drug-likeness (QED) is 0.901. The van der Waals surface area contributed by atoms with E-state index in [0.717, 1.165) is 13.0 Å². The van der Waals surface area contributed by atoms with Gasteiger partial charge in [0, 0.05) is 27.3 Å². The molecule has 0 fully saturated rings. The highest BCUT2D eigenvalue weighted by Crippen LogP contribution is 2.31. The van der Waals surface area contributed by atoms with Gasteiger partial charge in [0.1, 0.15) is 0 Å². The third-order valence-corrected chi connectivity index (χ3v) is 5.36. The molecule has 1 aliphatic carbocycles. The average Bonchev–Trinajstić information content (AvgIpc) is 2.89. The van der Waals surface area contributed by atoms with Crippen LogP contribution in [0.2, 0.25) is 0 Å². The van der Waals surface area contributed by atoms with Crippen LogP contribution in [-0.4, -0.2) is 4.57 Å². The number of nitrogens with zero attached hydrogens (tertiary/aromatic N) is 1. The third kappa shape index (κ3) is 2.09. The Morgan fingerprint density at radius 2 is 2.35 bits per heavy atom. The predicted molar refractivity (Wildman–Crippen MR) is 75.4 cm³/mol. The zero-order valence-corrected chi connectivity index (χ0v) is 11.9. The molecule has 1 aliphatic rings. The van der Waals surface area contributed by atoms with E-state index in [9.17, 15) is 0 Å². The van der Waals surface area contributed by atoms with Gasteiger partial charge in [0.2, 0.25) is 0 Å². The summed E-state index contributed by atoms with van der Waals surface area (Å²) in [6, 6.07) is 4.55. The standard InChI is InChI=1S/C13H15BrN2S/c14-10-5-7-17-13(10)8-16-6-4-9-11(15)2-1-3-12(9)16/h4-7,11H,1-3,8,15H2. The van der Waals surface area contributed by atoms with E-state index in [1.807, 2.05) is 0 Å². The largest absolute Gasteiger partial charge is 0.346 e. The molecule has 0 saturated heterocycles. The van der Waals surface area contributed by atoms with Crippen molar-refractivity contribution in [2.75, 3.05) is 0 Å². The van der Waals surface area contributed by atoms with Gasteiger partial charge in [0.25, 0.3) is 0 Å². The van der Waals surface area contributed by atoms with Gasteiger partial charge >= 0.3 is 0 Å². The molecule has 3 rings (SSSR count). The molecular formula is C13H15BrN2S. The van der Waals surface area contributed by atoms with Crippen LogP contribution in [0.5, 0.6) is 0 Å². The van der Waals surface area contributed by atoms with Crippen LogP contribution >= 0.6 is 27.3 Å². The van der Waals surface area contributed by atoms with Crippen molar-refractivity contribution in [2.45, 2.75) is 31.8 Å². The summed E-state index contributed by atoms with van der Waals surface area (Å²) < 4.78 is 3.57. The summed E-state index contributed by atoms with van der Waals surface area (Å²) >= 11 is 5.39. The van der Waals surface area contributed by atoms with Crippen LogP contribution in [0.4, 0.5) is 0 Å². The summed E-state index contributed by atoms with van der Waals surface area (Å²) in [7, 11) is 0. The fourth-order valence-corrected chi connectivity index (χ4v) is 4.01. The van der Waals surface area contributed by atoms with Crippen molar-refractivity contribution in [2.24, 2.45) is 5.73 Å². The molecule has 0 bridgehead atoms. The van der Waals surface area contributed by atoms with E-state index < -0.39 is 0 Å².